The van der Waals surface area contributed by atoms with Crippen molar-refractivity contribution in [2.45, 2.75) is 25.9 Å². The molecule has 1 amide bonds. The fourth-order valence-corrected chi connectivity index (χ4v) is 2.26. The molecule has 2 rings (SSSR count). The predicted molar refractivity (Wildman–Crippen MR) is 78.1 cm³/mol. The molecule has 1 fully saturated rings. The van der Waals surface area contributed by atoms with E-state index in [1.54, 1.807) is 25.2 Å². The van der Waals surface area contributed by atoms with Crippen LogP contribution in [-0.2, 0) is 4.79 Å². The zero-order valence-electron chi connectivity index (χ0n) is 11.8. The number of ether oxygens (including phenoxy) is 1. The van der Waals surface area contributed by atoms with Crippen molar-refractivity contribution in [1.29, 1.82) is 0 Å². The van der Waals surface area contributed by atoms with Crippen LogP contribution in [-0.4, -0.2) is 42.2 Å². The fourth-order valence-electron chi connectivity index (χ4n) is 2.04. The fraction of sp³-hybridized carbons (Fsp3) is 0.533. The Morgan fingerprint density at radius 1 is 1.55 bits per heavy atom. The Balaban J connectivity index is 1.81. The van der Waals surface area contributed by atoms with Crippen LogP contribution in [0, 0.1) is 12.8 Å². The van der Waals surface area contributed by atoms with Crippen molar-refractivity contribution >= 4 is 17.5 Å². The van der Waals surface area contributed by atoms with Crippen LogP contribution in [0.25, 0.3) is 0 Å². The average Bonchev–Trinajstić information content (AvgIpc) is 3.21. The molecule has 1 aromatic rings. The maximum absolute atomic E-state index is 11.9. The predicted octanol–water partition coefficient (Wildman–Crippen LogP) is 2.26. The second-order valence-electron chi connectivity index (χ2n) is 5.38. The third-order valence-corrected chi connectivity index (χ3v) is 3.78. The summed E-state index contributed by atoms with van der Waals surface area (Å²) in [4.78, 5) is 13.5. The molecule has 1 aliphatic carbocycles. The van der Waals surface area contributed by atoms with E-state index >= 15 is 0 Å². The van der Waals surface area contributed by atoms with Gasteiger partial charge in [-0.1, -0.05) is 11.6 Å². The summed E-state index contributed by atoms with van der Waals surface area (Å²) < 4.78 is 5.50. The molecule has 0 radical (unpaired) electrons. The van der Waals surface area contributed by atoms with Crippen LogP contribution in [0.1, 0.15) is 18.4 Å². The molecule has 5 heteroatoms. The molecule has 110 valence electrons. The lowest BCUT2D eigenvalue weighted by molar-refractivity contribution is -0.133. The normalized spacial score (nSPS) is 15.8. The molecule has 20 heavy (non-hydrogen) atoms. The van der Waals surface area contributed by atoms with Gasteiger partial charge in [0.1, 0.15) is 5.75 Å². The zero-order chi connectivity index (χ0) is 14.7. The Hall–Kier alpha value is -1.26. The monoisotopic (exact) mass is 297 g/mol. The third-order valence-electron chi connectivity index (χ3n) is 3.54. The summed E-state index contributed by atoms with van der Waals surface area (Å²) in [5, 5.41) is 10.5. The second kappa shape index (κ2) is 6.46. The van der Waals surface area contributed by atoms with Gasteiger partial charge in [-0.25, -0.2) is 0 Å². The molecule has 4 nitrogen and oxygen atoms in total. The lowest BCUT2D eigenvalue weighted by Gasteiger charge is -2.21. The number of aliphatic hydroxyl groups is 1. The van der Waals surface area contributed by atoms with Crippen molar-refractivity contribution < 1.29 is 14.6 Å². The molecule has 0 bridgehead atoms. The van der Waals surface area contributed by atoms with Gasteiger partial charge >= 0.3 is 0 Å². The summed E-state index contributed by atoms with van der Waals surface area (Å²) >= 11 is 5.86. The molecule has 0 aromatic heterocycles. The first-order valence-electron chi connectivity index (χ1n) is 6.78. The molecule has 0 heterocycles. The molecule has 0 aliphatic heterocycles. The number of rotatable bonds is 6. The van der Waals surface area contributed by atoms with E-state index in [0.717, 1.165) is 18.4 Å². The van der Waals surface area contributed by atoms with Crippen molar-refractivity contribution in [3.63, 3.8) is 0 Å². The number of amides is 1. The van der Waals surface area contributed by atoms with Gasteiger partial charge in [0.2, 0.25) is 0 Å². The smallest absolute Gasteiger partial charge is 0.260 e. The summed E-state index contributed by atoms with van der Waals surface area (Å²) in [6.45, 7) is 2.22. The van der Waals surface area contributed by atoms with E-state index in [9.17, 15) is 9.90 Å². The Morgan fingerprint density at radius 2 is 2.25 bits per heavy atom. The maximum atomic E-state index is 11.9. The molecule has 1 unspecified atom stereocenters. The number of likely N-dealkylation sites (N-methyl/N-ethyl adjacent to an activating group) is 1. The van der Waals surface area contributed by atoms with Crippen molar-refractivity contribution in [2.24, 2.45) is 5.92 Å². The Bertz CT molecular complexity index is 488. The molecule has 1 aliphatic rings. The summed E-state index contributed by atoms with van der Waals surface area (Å²) in [5.41, 5.74) is 0.894. The minimum absolute atomic E-state index is 0.0314. The number of carbonyl (C=O) groups excluding carboxylic acids is 1. The first kappa shape index (κ1) is 15.1. The molecule has 1 aromatic carbocycles. The quantitative estimate of drug-likeness (QED) is 0.876. The first-order chi connectivity index (χ1) is 9.47. The number of halogens is 1. The van der Waals surface area contributed by atoms with Crippen LogP contribution in [0.15, 0.2) is 18.2 Å². The highest BCUT2D eigenvalue weighted by Crippen LogP contribution is 2.32. The van der Waals surface area contributed by atoms with Crippen LogP contribution in [0.4, 0.5) is 0 Å². The number of hydrogen-bond acceptors (Lipinski definition) is 3. The van der Waals surface area contributed by atoms with E-state index in [4.69, 9.17) is 16.3 Å². The van der Waals surface area contributed by atoms with Gasteiger partial charge in [0.05, 0.1) is 6.10 Å². The van der Waals surface area contributed by atoms with Crippen LogP contribution < -0.4 is 4.74 Å². The van der Waals surface area contributed by atoms with Gasteiger partial charge in [0, 0.05) is 18.6 Å². The van der Waals surface area contributed by atoms with Gasteiger partial charge in [0.25, 0.3) is 5.91 Å². The highest BCUT2D eigenvalue weighted by Gasteiger charge is 2.31. The SMILES string of the molecule is Cc1cc(Cl)ccc1OCC(=O)N(C)CC(O)C1CC1. The van der Waals surface area contributed by atoms with Crippen molar-refractivity contribution in [2.75, 3.05) is 20.2 Å². The van der Waals surface area contributed by atoms with Gasteiger partial charge in [-0.3, -0.25) is 4.79 Å². The largest absolute Gasteiger partial charge is 0.483 e. The van der Waals surface area contributed by atoms with E-state index in [1.165, 1.54) is 4.90 Å². The minimum atomic E-state index is -0.416. The lowest BCUT2D eigenvalue weighted by Crippen LogP contribution is -2.38. The Morgan fingerprint density at radius 3 is 2.85 bits per heavy atom. The van der Waals surface area contributed by atoms with Gasteiger partial charge in [-0.2, -0.15) is 0 Å². The maximum Gasteiger partial charge on any atom is 0.260 e. The summed E-state index contributed by atoms with van der Waals surface area (Å²) in [7, 11) is 1.69. The number of hydrogen-bond donors (Lipinski definition) is 1. The molecular formula is C15H20ClNO3. The minimum Gasteiger partial charge on any atom is -0.483 e. The highest BCUT2D eigenvalue weighted by molar-refractivity contribution is 6.30. The van der Waals surface area contributed by atoms with Gasteiger partial charge in [-0.05, 0) is 49.4 Å². The third kappa shape index (κ3) is 4.12. The van der Waals surface area contributed by atoms with E-state index in [-0.39, 0.29) is 12.5 Å². The van der Waals surface area contributed by atoms with Crippen LogP contribution >= 0.6 is 11.6 Å². The van der Waals surface area contributed by atoms with Gasteiger partial charge in [-0.15, -0.1) is 0 Å². The van der Waals surface area contributed by atoms with Crippen LogP contribution in [0.2, 0.25) is 5.02 Å². The molecule has 1 atom stereocenters. The lowest BCUT2D eigenvalue weighted by atomic mass is 10.2. The topological polar surface area (TPSA) is 49.8 Å². The second-order valence-corrected chi connectivity index (χ2v) is 5.81. The summed E-state index contributed by atoms with van der Waals surface area (Å²) in [6.07, 6.45) is 1.70. The van der Waals surface area contributed by atoms with E-state index in [2.05, 4.69) is 0 Å². The van der Waals surface area contributed by atoms with Gasteiger partial charge < -0.3 is 14.7 Å². The van der Waals surface area contributed by atoms with Crippen molar-refractivity contribution in [1.82, 2.24) is 4.90 Å². The first-order valence-corrected chi connectivity index (χ1v) is 7.16. The van der Waals surface area contributed by atoms with Crippen LogP contribution in [0.3, 0.4) is 0 Å². The van der Waals surface area contributed by atoms with Crippen molar-refractivity contribution in [3.8, 4) is 5.75 Å². The molecule has 1 N–H and O–H groups in total. The number of carbonyl (C=O) groups is 1. The molecule has 1 saturated carbocycles. The Labute approximate surface area is 124 Å². The van der Waals surface area contributed by atoms with E-state index in [0.29, 0.717) is 23.2 Å². The number of nitrogens with zero attached hydrogens (tertiary/aromatic N) is 1. The van der Waals surface area contributed by atoms with Gasteiger partial charge in [0.15, 0.2) is 6.61 Å². The summed E-state index contributed by atoms with van der Waals surface area (Å²) in [6, 6.07) is 5.28. The molecule has 0 saturated heterocycles. The summed E-state index contributed by atoms with van der Waals surface area (Å²) in [5.74, 6) is 0.877. The van der Waals surface area contributed by atoms with E-state index < -0.39 is 6.10 Å². The highest BCUT2D eigenvalue weighted by atomic mass is 35.5. The molecular weight excluding hydrogens is 278 g/mol. The van der Waals surface area contributed by atoms with Crippen LogP contribution in [0.5, 0.6) is 5.75 Å². The number of benzene rings is 1. The number of aliphatic hydroxyl groups excluding tert-OH is 1. The zero-order valence-corrected chi connectivity index (χ0v) is 12.6. The standard InChI is InChI=1S/C15H20ClNO3/c1-10-7-12(16)5-6-14(10)20-9-15(19)17(2)8-13(18)11-3-4-11/h5-7,11,13,18H,3-4,8-9H2,1-2H3. The Kier molecular flexibility index (Phi) is 4.89. The molecule has 0 spiro atoms. The van der Waals surface area contributed by atoms with E-state index in [1.807, 2.05) is 6.92 Å². The average molecular weight is 298 g/mol. The number of aryl methyl sites for hydroxylation is 1. The van der Waals surface area contributed by atoms with Crippen molar-refractivity contribution in [3.05, 3.63) is 28.8 Å².